The van der Waals surface area contributed by atoms with Crippen LogP contribution in [0.3, 0.4) is 0 Å². The number of thioether (sulfide) groups is 1. The van der Waals surface area contributed by atoms with Gasteiger partial charge in [0.2, 0.25) is 0 Å². The molecule has 4 heteroatoms. The van der Waals surface area contributed by atoms with Crippen molar-refractivity contribution in [3.63, 3.8) is 0 Å². The van der Waals surface area contributed by atoms with Crippen molar-refractivity contribution in [1.29, 1.82) is 0 Å². The second-order valence-electron chi connectivity index (χ2n) is 4.24. The molecule has 0 saturated heterocycles. The van der Waals surface area contributed by atoms with Gasteiger partial charge >= 0.3 is 0 Å². The van der Waals surface area contributed by atoms with E-state index in [0.717, 1.165) is 16.4 Å². The fourth-order valence-electron chi connectivity index (χ4n) is 1.35. The molecule has 1 saturated carbocycles. The molecule has 1 aromatic heterocycles. The Kier molecular flexibility index (Phi) is 3.21. The Bertz CT molecular complexity index is 375. The second kappa shape index (κ2) is 4.30. The predicted molar refractivity (Wildman–Crippen MR) is 64.7 cm³/mol. The first kappa shape index (κ1) is 11.2. The summed E-state index contributed by atoms with van der Waals surface area (Å²) in [7, 11) is 0. The maximum Gasteiger partial charge on any atom is 0.136 e. The monoisotopic (exact) mass is 242 g/mol. The molecule has 1 aliphatic rings. The van der Waals surface area contributed by atoms with Crippen LogP contribution in [0.25, 0.3) is 0 Å². The summed E-state index contributed by atoms with van der Waals surface area (Å²) in [6.45, 7) is 6.32. The zero-order valence-electron chi connectivity index (χ0n) is 9.25. The van der Waals surface area contributed by atoms with Crippen LogP contribution in [-0.4, -0.2) is 15.2 Å². The van der Waals surface area contributed by atoms with Crippen molar-refractivity contribution in [2.75, 3.05) is 0 Å². The van der Waals surface area contributed by atoms with Crippen LogP contribution >= 0.6 is 23.4 Å². The zero-order chi connectivity index (χ0) is 11.0. The van der Waals surface area contributed by atoms with Gasteiger partial charge in [-0.25, -0.2) is 9.97 Å². The lowest BCUT2D eigenvalue weighted by atomic mass is 10.3. The molecule has 0 amide bonds. The molecule has 15 heavy (non-hydrogen) atoms. The van der Waals surface area contributed by atoms with Crippen molar-refractivity contribution in [2.24, 2.45) is 0 Å². The molecule has 0 bridgehead atoms. The summed E-state index contributed by atoms with van der Waals surface area (Å²) < 4.78 is 0. The van der Waals surface area contributed by atoms with E-state index in [0.29, 0.717) is 16.3 Å². The number of aromatic nitrogens is 2. The molecule has 0 atom stereocenters. The van der Waals surface area contributed by atoms with Crippen molar-refractivity contribution in [3.05, 3.63) is 16.5 Å². The van der Waals surface area contributed by atoms with Crippen molar-refractivity contribution in [1.82, 2.24) is 9.97 Å². The molecule has 0 radical (unpaired) electrons. The van der Waals surface area contributed by atoms with E-state index in [2.05, 4.69) is 23.8 Å². The third-order valence-corrected chi connectivity index (χ3v) is 3.81. The van der Waals surface area contributed by atoms with E-state index in [1.165, 1.54) is 12.8 Å². The molecule has 0 spiro atoms. The van der Waals surface area contributed by atoms with Gasteiger partial charge in [0.25, 0.3) is 0 Å². The smallest absolute Gasteiger partial charge is 0.136 e. The first-order valence-corrected chi connectivity index (χ1v) is 6.54. The van der Waals surface area contributed by atoms with Gasteiger partial charge in [-0.1, -0.05) is 25.4 Å². The van der Waals surface area contributed by atoms with Crippen LogP contribution in [0.1, 0.15) is 44.0 Å². The van der Waals surface area contributed by atoms with Crippen LogP contribution in [0.2, 0.25) is 5.15 Å². The van der Waals surface area contributed by atoms with Crippen molar-refractivity contribution in [2.45, 2.75) is 49.8 Å². The molecule has 1 aliphatic carbocycles. The molecule has 2 rings (SSSR count). The predicted octanol–water partition coefficient (Wildman–Crippen LogP) is 3.82. The Balaban J connectivity index is 2.33. The Morgan fingerprint density at radius 1 is 1.33 bits per heavy atom. The fourth-order valence-corrected chi connectivity index (χ4v) is 2.45. The SMILES string of the molecule is Cc1c(Cl)nc(C2CC2)nc1SC(C)C. The van der Waals surface area contributed by atoms with E-state index in [1.807, 2.05) is 6.92 Å². The highest BCUT2D eigenvalue weighted by Crippen LogP contribution is 2.40. The number of halogens is 1. The largest absolute Gasteiger partial charge is 0.226 e. The Morgan fingerprint density at radius 2 is 2.00 bits per heavy atom. The first-order valence-electron chi connectivity index (χ1n) is 5.28. The molecular weight excluding hydrogens is 228 g/mol. The zero-order valence-corrected chi connectivity index (χ0v) is 10.8. The lowest BCUT2D eigenvalue weighted by Crippen LogP contribution is -2.00. The van der Waals surface area contributed by atoms with Crippen LogP contribution in [0.5, 0.6) is 0 Å². The second-order valence-corrected chi connectivity index (χ2v) is 6.17. The number of hydrogen-bond acceptors (Lipinski definition) is 3. The van der Waals surface area contributed by atoms with E-state index in [4.69, 9.17) is 11.6 Å². The van der Waals surface area contributed by atoms with Gasteiger partial charge in [0.1, 0.15) is 16.0 Å². The molecule has 82 valence electrons. The summed E-state index contributed by atoms with van der Waals surface area (Å²) in [6, 6.07) is 0. The number of rotatable bonds is 3. The molecule has 0 aliphatic heterocycles. The van der Waals surface area contributed by atoms with Gasteiger partial charge in [-0.05, 0) is 19.8 Å². The van der Waals surface area contributed by atoms with E-state index >= 15 is 0 Å². The number of hydrogen-bond donors (Lipinski definition) is 0. The minimum absolute atomic E-state index is 0.529. The van der Waals surface area contributed by atoms with E-state index in [1.54, 1.807) is 11.8 Å². The van der Waals surface area contributed by atoms with Crippen LogP contribution in [0.4, 0.5) is 0 Å². The highest BCUT2D eigenvalue weighted by molar-refractivity contribution is 7.99. The lowest BCUT2D eigenvalue weighted by molar-refractivity contribution is 0.859. The number of nitrogens with zero attached hydrogens (tertiary/aromatic N) is 2. The summed E-state index contributed by atoms with van der Waals surface area (Å²) in [4.78, 5) is 8.95. The summed E-state index contributed by atoms with van der Waals surface area (Å²) in [5.41, 5.74) is 1.01. The average Bonchev–Trinajstić information content (AvgIpc) is 2.94. The quantitative estimate of drug-likeness (QED) is 0.595. The molecule has 0 N–H and O–H groups in total. The van der Waals surface area contributed by atoms with E-state index < -0.39 is 0 Å². The first-order chi connectivity index (χ1) is 7.08. The topological polar surface area (TPSA) is 25.8 Å². The summed E-state index contributed by atoms with van der Waals surface area (Å²) in [5.74, 6) is 1.50. The molecule has 1 heterocycles. The minimum atomic E-state index is 0.529. The van der Waals surface area contributed by atoms with E-state index in [9.17, 15) is 0 Å². The molecular formula is C11H15ClN2S. The third-order valence-electron chi connectivity index (χ3n) is 2.35. The van der Waals surface area contributed by atoms with Crippen molar-refractivity contribution < 1.29 is 0 Å². The standard InChI is InChI=1S/C11H15ClN2S/c1-6(2)15-11-7(3)9(12)13-10(14-11)8-4-5-8/h6,8H,4-5H2,1-3H3. The average molecular weight is 243 g/mol. The van der Waals surface area contributed by atoms with Crippen molar-refractivity contribution >= 4 is 23.4 Å². The highest BCUT2D eigenvalue weighted by atomic mass is 35.5. The Labute approximate surface area is 99.8 Å². The van der Waals surface area contributed by atoms with Crippen LogP contribution in [-0.2, 0) is 0 Å². The Morgan fingerprint density at radius 3 is 2.53 bits per heavy atom. The molecule has 1 fully saturated rings. The summed E-state index contributed by atoms with van der Waals surface area (Å²) in [6.07, 6.45) is 2.43. The maximum atomic E-state index is 6.11. The Hall–Kier alpha value is -0.280. The minimum Gasteiger partial charge on any atom is -0.226 e. The van der Waals surface area contributed by atoms with Crippen LogP contribution in [0, 0.1) is 6.92 Å². The van der Waals surface area contributed by atoms with Gasteiger partial charge in [0.05, 0.1) is 0 Å². The molecule has 2 nitrogen and oxygen atoms in total. The van der Waals surface area contributed by atoms with Crippen LogP contribution in [0.15, 0.2) is 5.03 Å². The summed E-state index contributed by atoms with van der Waals surface area (Å²) in [5, 5.41) is 2.20. The van der Waals surface area contributed by atoms with Gasteiger partial charge in [-0.2, -0.15) is 0 Å². The fraction of sp³-hybridized carbons (Fsp3) is 0.636. The summed E-state index contributed by atoms with van der Waals surface area (Å²) >= 11 is 7.87. The van der Waals surface area contributed by atoms with Gasteiger partial charge in [0.15, 0.2) is 0 Å². The maximum absolute atomic E-state index is 6.11. The highest BCUT2D eigenvalue weighted by Gasteiger charge is 2.28. The van der Waals surface area contributed by atoms with Gasteiger partial charge in [-0.3, -0.25) is 0 Å². The molecule has 0 unspecified atom stereocenters. The third kappa shape index (κ3) is 2.64. The lowest BCUT2D eigenvalue weighted by Gasteiger charge is -2.10. The van der Waals surface area contributed by atoms with Crippen molar-refractivity contribution in [3.8, 4) is 0 Å². The van der Waals surface area contributed by atoms with Gasteiger partial charge < -0.3 is 0 Å². The van der Waals surface area contributed by atoms with Crippen LogP contribution < -0.4 is 0 Å². The molecule has 0 aromatic carbocycles. The normalized spacial score (nSPS) is 16.1. The van der Waals surface area contributed by atoms with Gasteiger partial charge in [-0.15, -0.1) is 11.8 Å². The molecule has 1 aromatic rings. The van der Waals surface area contributed by atoms with Gasteiger partial charge in [0, 0.05) is 16.7 Å². The van der Waals surface area contributed by atoms with E-state index in [-0.39, 0.29) is 0 Å².